The van der Waals surface area contributed by atoms with Crippen molar-refractivity contribution in [2.45, 2.75) is 38.0 Å². The fraction of sp³-hybridized carbons (Fsp3) is 0.278. The van der Waals surface area contributed by atoms with Crippen LogP contribution in [0.1, 0.15) is 48.2 Å². The van der Waals surface area contributed by atoms with Gasteiger partial charge in [0, 0.05) is 11.6 Å². The third kappa shape index (κ3) is 4.25. The molecular formula is C18H20N2O6S. The van der Waals surface area contributed by atoms with E-state index in [2.05, 4.69) is 4.72 Å². The fourth-order valence-electron chi connectivity index (χ4n) is 2.72. The lowest BCUT2D eigenvalue weighted by atomic mass is 9.98. The van der Waals surface area contributed by atoms with Gasteiger partial charge in [0.2, 0.25) is 0 Å². The molecule has 0 radical (unpaired) electrons. The highest BCUT2D eigenvalue weighted by Crippen LogP contribution is 2.31. The van der Waals surface area contributed by atoms with Gasteiger partial charge in [-0.15, -0.1) is 0 Å². The van der Waals surface area contributed by atoms with Gasteiger partial charge in [-0.05, 0) is 30.0 Å². The van der Waals surface area contributed by atoms with Crippen LogP contribution in [0, 0.1) is 10.1 Å². The van der Waals surface area contributed by atoms with E-state index in [1.54, 1.807) is 26.8 Å². The molecule has 2 rings (SSSR count). The minimum Gasteiger partial charge on any atom is -0.478 e. The van der Waals surface area contributed by atoms with E-state index in [1.807, 2.05) is 0 Å². The molecule has 0 saturated carbocycles. The summed E-state index contributed by atoms with van der Waals surface area (Å²) in [6.07, 6.45) is 0.378. The zero-order chi connectivity index (χ0) is 20.4. The average Bonchev–Trinajstić information content (AvgIpc) is 2.60. The molecule has 144 valence electrons. The van der Waals surface area contributed by atoms with Gasteiger partial charge >= 0.3 is 5.97 Å². The predicted octanol–water partition coefficient (Wildman–Crippen LogP) is 3.78. The molecule has 0 aliphatic carbocycles. The number of hydrogen-bond donors (Lipinski definition) is 2. The molecule has 2 aromatic carbocycles. The van der Waals surface area contributed by atoms with Crippen LogP contribution in [0.25, 0.3) is 0 Å². The minimum atomic E-state index is -4.22. The van der Waals surface area contributed by atoms with Gasteiger partial charge in [0.25, 0.3) is 15.7 Å². The van der Waals surface area contributed by atoms with E-state index < -0.39 is 20.9 Å². The largest absolute Gasteiger partial charge is 0.478 e. The van der Waals surface area contributed by atoms with Gasteiger partial charge in [-0.25, -0.2) is 13.2 Å². The maximum absolute atomic E-state index is 12.8. The van der Waals surface area contributed by atoms with Crippen LogP contribution >= 0.6 is 0 Å². The summed E-state index contributed by atoms with van der Waals surface area (Å²) in [4.78, 5) is 21.8. The summed E-state index contributed by atoms with van der Waals surface area (Å²) in [6.45, 7) is 5.34. The summed E-state index contributed by atoms with van der Waals surface area (Å²) < 4.78 is 27.9. The van der Waals surface area contributed by atoms with Crippen LogP contribution < -0.4 is 4.72 Å². The second-order valence-electron chi connectivity index (χ2n) is 6.24. The Hall–Kier alpha value is -2.94. The summed E-state index contributed by atoms with van der Waals surface area (Å²) in [5.41, 5.74) is 0.397. The van der Waals surface area contributed by atoms with Crippen LogP contribution in [-0.4, -0.2) is 24.4 Å². The summed E-state index contributed by atoms with van der Waals surface area (Å²) >= 11 is 0. The molecule has 0 unspecified atom stereocenters. The second-order valence-corrected chi connectivity index (χ2v) is 7.92. The second kappa shape index (κ2) is 7.75. The standard InChI is InChI=1S/C18H20N2O6S/c1-4-12-8-9-13(10-16(12)20(23)24)27(25,26)19-17-14(11(2)3)6-5-7-15(17)18(21)22/h5-11,19H,4H2,1-3H3,(H,21,22). The van der Waals surface area contributed by atoms with Crippen LogP contribution in [0.3, 0.4) is 0 Å². The molecule has 0 aliphatic rings. The summed E-state index contributed by atoms with van der Waals surface area (Å²) in [5, 5.41) is 20.6. The maximum Gasteiger partial charge on any atom is 0.337 e. The Balaban J connectivity index is 2.59. The van der Waals surface area contributed by atoms with E-state index in [-0.39, 0.29) is 27.8 Å². The Kier molecular flexibility index (Phi) is 5.85. The van der Waals surface area contributed by atoms with Gasteiger partial charge in [-0.3, -0.25) is 14.8 Å². The normalized spacial score (nSPS) is 11.4. The van der Waals surface area contributed by atoms with Crippen LogP contribution in [0.15, 0.2) is 41.3 Å². The Bertz CT molecular complexity index is 999. The van der Waals surface area contributed by atoms with Gasteiger partial charge in [0.1, 0.15) is 0 Å². The molecule has 0 atom stereocenters. The van der Waals surface area contributed by atoms with Gasteiger partial charge in [-0.2, -0.15) is 0 Å². The number of nitro benzene ring substituents is 1. The molecular weight excluding hydrogens is 372 g/mol. The number of nitro groups is 1. The fourth-order valence-corrected chi connectivity index (χ4v) is 3.84. The van der Waals surface area contributed by atoms with Crippen LogP contribution in [0.2, 0.25) is 0 Å². The number of anilines is 1. The number of carboxylic acid groups (broad SMARTS) is 1. The molecule has 2 N–H and O–H groups in total. The van der Waals surface area contributed by atoms with Crippen molar-refractivity contribution in [2.24, 2.45) is 0 Å². The van der Waals surface area contributed by atoms with Crippen LogP contribution in [-0.2, 0) is 16.4 Å². The van der Waals surface area contributed by atoms with E-state index in [9.17, 15) is 28.4 Å². The summed E-state index contributed by atoms with van der Waals surface area (Å²) in [5.74, 6) is -1.42. The number of aromatic carboxylic acids is 1. The quantitative estimate of drug-likeness (QED) is 0.545. The van der Waals surface area contributed by atoms with Crippen molar-refractivity contribution < 1.29 is 23.2 Å². The first-order valence-electron chi connectivity index (χ1n) is 8.24. The number of hydrogen-bond acceptors (Lipinski definition) is 5. The van der Waals surface area contributed by atoms with Crippen molar-refractivity contribution in [2.75, 3.05) is 4.72 Å². The van der Waals surface area contributed by atoms with Crippen molar-refractivity contribution in [3.8, 4) is 0 Å². The lowest BCUT2D eigenvalue weighted by Gasteiger charge is -2.17. The average molecular weight is 392 g/mol. The first-order chi connectivity index (χ1) is 12.6. The van der Waals surface area contributed by atoms with Gasteiger partial charge in [0.05, 0.1) is 21.1 Å². The third-order valence-corrected chi connectivity index (χ3v) is 5.48. The maximum atomic E-state index is 12.8. The number of aryl methyl sites for hydroxylation is 1. The summed E-state index contributed by atoms with van der Waals surface area (Å²) in [6, 6.07) is 8.12. The molecule has 0 saturated heterocycles. The Morgan fingerprint density at radius 1 is 1.26 bits per heavy atom. The van der Waals surface area contributed by atoms with Gasteiger partial charge in [0.15, 0.2) is 0 Å². The van der Waals surface area contributed by atoms with Crippen molar-refractivity contribution in [3.63, 3.8) is 0 Å². The van der Waals surface area contributed by atoms with Crippen LogP contribution in [0.5, 0.6) is 0 Å². The molecule has 0 bridgehead atoms. The number of benzene rings is 2. The van der Waals surface area contributed by atoms with E-state index in [0.717, 1.165) is 6.07 Å². The molecule has 2 aromatic rings. The van der Waals surface area contributed by atoms with E-state index in [4.69, 9.17) is 0 Å². The Morgan fingerprint density at radius 3 is 2.44 bits per heavy atom. The lowest BCUT2D eigenvalue weighted by molar-refractivity contribution is -0.385. The SMILES string of the molecule is CCc1ccc(S(=O)(=O)Nc2c(C(=O)O)cccc2C(C)C)cc1[N+](=O)[O-]. The number of sulfonamides is 1. The minimum absolute atomic E-state index is 0.0396. The third-order valence-electron chi connectivity index (χ3n) is 4.13. The first kappa shape index (κ1) is 20.4. The lowest BCUT2D eigenvalue weighted by Crippen LogP contribution is -2.18. The number of carboxylic acids is 1. The monoisotopic (exact) mass is 392 g/mol. The molecule has 0 aliphatic heterocycles. The molecule has 8 nitrogen and oxygen atoms in total. The number of rotatable bonds is 7. The number of para-hydroxylation sites is 1. The summed E-state index contributed by atoms with van der Waals surface area (Å²) in [7, 11) is -4.22. The zero-order valence-electron chi connectivity index (χ0n) is 15.1. The molecule has 0 aromatic heterocycles. The number of nitrogens with zero attached hydrogens (tertiary/aromatic N) is 1. The van der Waals surface area contributed by atoms with Crippen molar-refractivity contribution in [1.29, 1.82) is 0 Å². The zero-order valence-corrected chi connectivity index (χ0v) is 15.9. The highest BCUT2D eigenvalue weighted by molar-refractivity contribution is 7.92. The number of nitrogens with one attached hydrogen (secondary N) is 1. The topological polar surface area (TPSA) is 127 Å². The van der Waals surface area contributed by atoms with Crippen molar-refractivity contribution >= 4 is 27.4 Å². The van der Waals surface area contributed by atoms with Gasteiger partial charge in [-0.1, -0.05) is 39.0 Å². The number of carbonyl (C=O) groups is 1. The van der Waals surface area contributed by atoms with E-state index >= 15 is 0 Å². The molecule has 9 heteroatoms. The molecule has 0 amide bonds. The highest BCUT2D eigenvalue weighted by Gasteiger charge is 2.24. The Morgan fingerprint density at radius 2 is 1.93 bits per heavy atom. The van der Waals surface area contributed by atoms with Crippen molar-refractivity contribution in [3.05, 3.63) is 63.2 Å². The molecule has 0 fully saturated rings. The van der Waals surface area contributed by atoms with E-state index in [0.29, 0.717) is 17.5 Å². The predicted molar refractivity (Wildman–Crippen MR) is 101 cm³/mol. The molecule has 0 heterocycles. The first-order valence-corrected chi connectivity index (χ1v) is 9.73. The van der Waals surface area contributed by atoms with Gasteiger partial charge < -0.3 is 5.11 Å². The van der Waals surface area contributed by atoms with Crippen molar-refractivity contribution in [1.82, 2.24) is 0 Å². The smallest absolute Gasteiger partial charge is 0.337 e. The molecule has 27 heavy (non-hydrogen) atoms. The van der Waals surface area contributed by atoms with E-state index in [1.165, 1.54) is 24.3 Å². The van der Waals surface area contributed by atoms with Crippen LogP contribution in [0.4, 0.5) is 11.4 Å². The Labute approximate surface area is 157 Å². The molecule has 0 spiro atoms. The highest BCUT2D eigenvalue weighted by atomic mass is 32.2.